The molecule has 0 unspecified atom stereocenters. The lowest BCUT2D eigenvalue weighted by Crippen LogP contribution is -2.23. The molecule has 0 bridgehead atoms. The van der Waals surface area contributed by atoms with E-state index in [1.165, 1.54) is 4.57 Å². The fourth-order valence-corrected chi connectivity index (χ4v) is 4.12. The molecule has 11 heteroatoms. The molecule has 1 aromatic heterocycles. The van der Waals surface area contributed by atoms with Crippen LogP contribution in [0.4, 0.5) is 15.8 Å². The van der Waals surface area contributed by atoms with Crippen LogP contribution in [-0.4, -0.2) is 26.1 Å². The quantitative estimate of drug-likeness (QED) is 0.182. The van der Waals surface area contributed by atoms with Gasteiger partial charge in [0.15, 0.2) is 5.16 Å². The molecule has 0 aliphatic rings. The topological polar surface area (TPSA) is 107 Å². The molecule has 0 radical (unpaired) electrons. The minimum absolute atomic E-state index is 0.210. The average Bonchev–Trinajstić information content (AvgIpc) is 2.80. The molecule has 0 saturated heterocycles. The van der Waals surface area contributed by atoms with E-state index in [9.17, 15) is 24.1 Å². The molecule has 1 heterocycles. The number of nitro groups is 1. The second-order valence-electron chi connectivity index (χ2n) is 6.76. The van der Waals surface area contributed by atoms with Crippen LogP contribution in [0.25, 0.3) is 16.6 Å². The molecule has 4 rings (SSSR count). The molecule has 0 saturated carbocycles. The Labute approximate surface area is 195 Å². The summed E-state index contributed by atoms with van der Waals surface area (Å²) in [5, 5.41) is 14.1. The van der Waals surface area contributed by atoms with E-state index in [0.29, 0.717) is 21.6 Å². The average molecular weight is 485 g/mol. The van der Waals surface area contributed by atoms with Crippen LogP contribution in [-0.2, 0) is 4.79 Å². The normalized spacial score (nSPS) is 10.8. The highest BCUT2D eigenvalue weighted by Gasteiger charge is 2.18. The van der Waals surface area contributed by atoms with Crippen LogP contribution in [0, 0.1) is 15.9 Å². The van der Waals surface area contributed by atoms with Gasteiger partial charge < -0.3 is 5.32 Å². The SMILES string of the molecule is O=C(CSc1nc2ccccc2c(=O)n1-c1ccccc1Cl)Nc1cc([N+](=O)[O-])ccc1F. The number of rotatable bonds is 6. The summed E-state index contributed by atoms with van der Waals surface area (Å²) in [5.74, 6) is -1.68. The number of non-ortho nitro benzene ring substituents is 1. The summed E-state index contributed by atoms with van der Waals surface area (Å²) in [4.78, 5) is 40.4. The Morgan fingerprint density at radius 2 is 1.88 bits per heavy atom. The van der Waals surface area contributed by atoms with Gasteiger partial charge in [0.05, 0.1) is 38.0 Å². The largest absolute Gasteiger partial charge is 0.323 e. The van der Waals surface area contributed by atoms with Crippen molar-refractivity contribution >= 4 is 51.5 Å². The van der Waals surface area contributed by atoms with Crippen molar-refractivity contribution < 1.29 is 14.1 Å². The number of nitro benzene ring substituents is 1. The number of benzene rings is 3. The third-order valence-electron chi connectivity index (χ3n) is 4.61. The first-order chi connectivity index (χ1) is 15.8. The number of nitrogens with one attached hydrogen (secondary N) is 1. The fraction of sp³-hybridized carbons (Fsp3) is 0.0455. The van der Waals surface area contributed by atoms with Gasteiger partial charge in [0.2, 0.25) is 5.91 Å². The number of hydrogen-bond donors (Lipinski definition) is 1. The molecule has 0 aliphatic heterocycles. The predicted molar refractivity (Wildman–Crippen MR) is 125 cm³/mol. The van der Waals surface area contributed by atoms with Crippen LogP contribution in [0.3, 0.4) is 0 Å². The molecular weight excluding hydrogens is 471 g/mol. The Morgan fingerprint density at radius 1 is 1.15 bits per heavy atom. The van der Waals surface area contributed by atoms with Gasteiger partial charge in [-0.15, -0.1) is 0 Å². The molecule has 1 N–H and O–H groups in total. The zero-order valence-electron chi connectivity index (χ0n) is 16.7. The van der Waals surface area contributed by atoms with Crippen molar-refractivity contribution in [3.63, 3.8) is 0 Å². The van der Waals surface area contributed by atoms with Crippen molar-refractivity contribution in [1.82, 2.24) is 9.55 Å². The first-order valence-electron chi connectivity index (χ1n) is 9.48. The Kier molecular flexibility index (Phi) is 6.38. The van der Waals surface area contributed by atoms with Gasteiger partial charge in [-0.2, -0.15) is 0 Å². The van der Waals surface area contributed by atoms with E-state index >= 15 is 0 Å². The summed E-state index contributed by atoms with van der Waals surface area (Å²) in [6.45, 7) is 0. The summed E-state index contributed by atoms with van der Waals surface area (Å²) in [6, 6.07) is 16.3. The van der Waals surface area contributed by atoms with Gasteiger partial charge in [-0.1, -0.05) is 47.6 Å². The minimum atomic E-state index is -0.809. The summed E-state index contributed by atoms with van der Waals surface area (Å²) in [6.07, 6.45) is 0. The van der Waals surface area contributed by atoms with Gasteiger partial charge >= 0.3 is 0 Å². The van der Waals surface area contributed by atoms with Crippen LogP contribution >= 0.6 is 23.4 Å². The number of carbonyl (C=O) groups is 1. The van der Waals surface area contributed by atoms with Gasteiger partial charge in [-0.3, -0.25) is 24.3 Å². The summed E-state index contributed by atoms with van der Waals surface area (Å²) < 4.78 is 15.3. The molecular formula is C22H14ClFN4O4S. The molecule has 8 nitrogen and oxygen atoms in total. The zero-order chi connectivity index (χ0) is 23.5. The molecule has 3 aromatic carbocycles. The highest BCUT2D eigenvalue weighted by molar-refractivity contribution is 7.99. The lowest BCUT2D eigenvalue weighted by molar-refractivity contribution is -0.384. The van der Waals surface area contributed by atoms with E-state index in [0.717, 1.165) is 30.0 Å². The van der Waals surface area contributed by atoms with E-state index in [4.69, 9.17) is 11.6 Å². The molecule has 0 spiro atoms. The van der Waals surface area contributed by atoms with Gasteiger partial charge in [0.1, 0.15) is 5.82 Å². The molecule has 1 amide bonds. The highest BCUT2D eigenvalue weighted by atomic mass is 35.5. The molecule has 33 heavy (non-hydrogen) atoms. The molecule has 0 atom stereocenters. The van der Waals surface area contributed by atoms with Gasteiger partial charge in [0.25, 0.3) is 11.2 Å². The van der Waals surface area contributed by atoms with Crippen molar-refractivity contribution in [2.45, 2.75) is 5.16 Å². The Bertz CT molecular complexity index is 1460. The second-order valence-corrected chi connectivity index (χ2v) is 8.11. The molecule has 0 fully saturated rings. The van der Waals surface area contributed by atoms with E-state index < -0.39 is 16.6 Å². The lowest BCUT2D eigenvalue weighted by Gasteiger charge is -2.14. The first kappa shape index (κ1) is 22.4. The van der Waals surface area contributed by atoms with Crippen molar-refractivity contribution in [3.8, 4) is 5.69 Å². The molecule has 166 valence electrons. The number of para-hydroxylation sites is 2. The third kappa shape index (κ3) is 4.71. The number of amides is 1. The summed E-state index contributed by atoms with van der Waals surface area (Å²) in [7, 11) is 0. The Morgan fingerprint density at radius 3 is 2.64 bits per heavy atom. The fourth-order valence-electron chi connectivity index (χ4n) is 3.09. The van der Waals surface area contributed by atoms with Crippen LogP contribution in [0.15, 0.2) is 76.7 Å². The number of anilines is 1. The number of carbonyl (C=O) groups excluding carboxylic acids is 1. The van der Waals surface area contributed by atoms with Gasteiger partial charge in [0, 0.05) is 12.1 Å². The Balaban J connectivity index is 1.66. The van der Waals surface area contributed by atoms with Crippen LogP contribution in [0.1, 0.15) is 0 Å². The first-order valence-corrected chi connectivity index (χ1v) is 10.8. The number of aromatic nitrogens is 2. The standard InChI is InChI=1S/C22H14ClFN4O4S/c23-15-6-2-4-8-19(15)27-21(30)14-5-1-3-7-17(14)26-22(27)33-12-20(29)25-18-11-13(28(31)32)9-10-16(18)24/h1-11H,12H2,(H,25,29). The zero-order valence-corrected chi connectivity index (χ0v) is 18.3. The number of fused-ring (bicyclic) bond motifs is 1. The van der Waals surface area contributed by atoms with Crippen molar-refractivity contribution in [2.24, 2.45) is 0 Å². The predicted octanol–water partition coefficient (Wildman–Crippen LogP) is 4.82. The van der Waals surface area contributed by atoms with E-state index in [-0.39, 0.29) is 27.8 Å². The summed E-state index contributed by atoms with van der Waals surface area (Å²) in [5.41, 5.74) is -0.192. The maximum Gasteiger partial charge on any atom is 0.271 e. The van der Waals surface area contributed by atoms with E-state index in [1.807, 2.05) is 0 Å². The smallest absolute Gasteiger partial charge is 0.271 e. The Hall–Kier alpha value is -3.76. The van der Waals surface area contributed by atoms with E-state index in [1.54, 1.807) is 48.5 Å². The maximum atomic E-state index is 14.0. The lowest BCUT2D eigenvalue weighted by atomic mass is 10.2. The van der Waals surface area contributed by atoms with Crippen molar-refractivity contribution in [1.29, 1.82) is 0 Å². The highest BCUT2D eigenvalue weighted by Crippen LogP contribution is 2.26. The van der Waals surface area contributed by atoms with Gasteiger partial charge in [-0.25, -0.2) is 9.37 Å². The van der Waals surface area contributed by atoms with Crippen LogP contribution in [0.2, 0.25) is 5.02 Å². The third-order valence-corrected chi connectivity index (χ3v) is 5.86. The minimum Gasteiger partial charge on any atom is -0.323 e. The second kappa shape index (κ2) is 9.39. The van der Waals surface area contributed by atoms with Gasteiger partial charge in [-0.05, 0) is 30.3 Å². The molecule has 4 aromatic rings. The van der Waals surface area contributed by atoms with Crippen LogP contribution in [0.5, 0.6) is 0 Å². The van der Waals surface area contributed by atoms with Crippen molar-refractivity contribution in [3.05, 3.63) is 98.0 Å². The van der Waals surface area contributed by atoms with Crippen LogP contribution < -0.4 is 10.9 Å². The van der Waals surface area contributed by atoms with Crippen molar-refractivity contribution in [2.75, 3.05) is 11.1 Å². The number of hydrogen-bond acceptors (Lipinski definition) is 6. The monoisotopic (exact) mass is 484 g/mol. The number of thioether (sulfide) groups is 1. The maximum absolute atomic E-state index is 14.0. The van der Waals surface area contributed by atoms with E-state index in [2.05, 4.69) is 10.3 Å². The number of halogens is 2. The molecule has 0 aliphatic carbocycles. The number of nitrogens with zero attached hydrogens (tertiary/aromatic N) is 3. The summed E-state index contributed by atoms with van der Waals surface area (Å²) >= 11 is 7.26.